The van der Waals surface area contributed by atoms with Crippen LogP contribution in [0.15, 0.2) is 18.2 Å². The number of carbonyl (C=O) groups excluding carboxylic acids is 1. The number of nitrogens with two attached hydrogens (primary N) is 1. The molecule has 1 saturated carbocycles. The van der Waals surface area contributed by atoms with Gasteiger partial charge in [-0.25, -0.2) is 0 Å². The van der Waals surface area contributed by atoms with Gasteiger partial charge in [0.05, 0.1) is 18.3 Å². The van der Waals surface area contributed by atoms with Crippen LogP contribution in [0, 0.1) is 12.8 Å². The molecule has 20 heavy (non-hydrogen) atoms. The number of hydrogen-bond acceptors (Lipinski definition) is 3. The molecule has 0 aromatic heterocycles. The fraction of sp³-hybridized carbons (Fsp3) is 0.562. The molecule has 0 saturated heterocycles. The van der Waals surface area contributed by atoms with Crippen molar-refractivity contribution in [1.29, 1.82) is 0 Å². The van der Waals surface area contributed by atoms with E-state index < -0.39 is 5.54 Å². The van der Waals surface area contributed by atoms with Crippen molar-refractivity contribution in [1.82, 2.24) is 0 Å². The minimum atomic E-state index is -0.756. The first-order valence-electron chi connectivity index (χ1n) is 7.19. The van der Waals surface area contributed by atoms with Gasteiger partial charge in [0, 0.05) is 0 Å². The minimum absolute atomic E-state index is 0.105. The third kappa shape index (κ3) is 3.12. The molecule has 1 aliphatic rings. The molecule has 4 heteroatoms. The first kappa shape index (κ1) is 14.9. The second kappa shape index (κ2) is 5.83. The highest BCUT2D eigenvalue weighted by Gasteiger charge is 2.38. The van der Waals surface area contributed by atoms with E-state index in [1.54, 1.807) is 7.11 Å². The van der Waals surface area contributed by atoms with Crippen LogP contribution in [0.2, 0.25) is 0 Å². The summed E-state index contributed by atoms with van der Waals surface area (Å²) in [6.07, 6.45) is 3.65. The predicted molar refractivity (Wildman–Crippen MR) is 80.9 cm³/mol. The van der Waals surface area contributed by atoms with Gasteiger partial charge in [0.1, 0.15) is 5.75 Å². The van der Waals surface area contributed by atoms with Gasteiger partial charge >= 0.3 is 0 Å². The lowest BCUT2D eigenvalue weighted by molar-refractivity contribution is -0.122. The summed E-state index contributed by atoms with van der Waals surface area (Å²) in [4.78, 5) is 12.5. The van der Waals surface area contributed by atoms with Crippen LogP contribution in [0.3, 0.4) is 0 Å². The zero-order valence-corrected chi connectivity index (χ0v) is 12.5. The average Bonchev–Trinajstić information content (AvgIpc) is 2.40. The minimum Gasteiger partial charge on any atom is -0.495 e. The molecule has 1 amide bonds. The Labute approximate surface area is 120 Å². The topological polar surface area (TPSA) is 64.3 Å². The molecule has 4 nitrogen and oxygen atoms in total. The van der Waals surface area contributed by atoms with Gasteiger partial charge in [0.15, 0.2) is 0 Å². The smallest absolute Gasteiger partial charge is 0.244 e. The first-order chi connectivity index (χ1) is 9.44. The van der Waals surface area contributed by atoms with E-state index in [9.17, 15) is 4.79 Å². The molecule has 2 rings (SSSR count). The third-order valence-electron chi connectivity index (χ3n) is 4.09. The van der Waals surface area contributed by atoms with Crippen LogP contribution in [0.5, 0.6) is 5.75 Å². The summed E-state index contributed by atoms with van der Waals surface area (Å²) in [5, 5.41) is 2.93. The maximum Gasteiger partial charge on any atom is 0.244 e. The molecule has 0 radical (unpaired) electrons. The van der Waals surface area contributed by atoms with Crippen molar-refractivity contribution in [3.63, 3.8) is 0 Å². The fourth-order valence-electron chi connectivity index (χ4n) is 2.95. The van der Waals surface area contributed by atoms with E-state index in [0.717, 1.165) is 31.2 Å². The Morgan fingerprint density at radius 3 is 2.90 bits per heavy atom. The number of benzene rings is 1. The van der Waals surface area contributed by atoms with E-state index in [1.165, 1.54) is 0 Å². The molecule has 2 unspecified atom stereocenters. The SMILES string of the molecule is COc1cc(C)ccc1NC(=O)C1(N)CCCC(C)C1. The molecule has 1 aromatic rings. The number of aryl methyl sites for hydroxylation is 1. The number of rotatable bonds is 3. The van der Waals surface area contributed by atoms with Crippen molar-refractivity contribution < 1.29 is 9.53 Å². The Hall–Kier alpha value is -1.55. The number of hydrogen-bond donors (Lipinski definition) is 2. The Morgan fingerprint density at radius 1 is 1.50 bits per heavy atom. The highest BCUT2D eigenvalue weighted by molar-refractivity contribution is 5.99. The molecule has 1 aliphatic carbocycles. The van der Waals surface area contributed by atoms with Gasteiger partial charge in [0.25, 0.3) is 0 Å². The van der Waals surface area contributed by atoms with E-state index >= 15 is 0 Å². The Kier molecular flexibility index (Phi) is 4.33. The van der Waals surface area contributed by atoms with Crippen molar-refractivity contribution in [2.24, 2.45) is 11.7 Å². The number of methoxy groups -OCH3 is 1. The number of nitrogens with one attached hydrogen (secondary N) is 1. The third-order valence-corrected chi connectivity index (χ3v) is 4.09. The van der Waals surface area contributed by atoms with Gasteiger partial charge in [-0.3, -0.25) is 4.79 Å². The van der Waals surface area contributed by atoms with Gasteiger partial charge in [-0.2, -0.15) is 0 Å². The average molecular weight is 276 g/mol. The maximum atomic E-state index is 12.5. The number of amides is 1. The van der Waals surface area contributed by atoms with Crippen molar-refractivity contribution in [2.45, 2.75) is 45.1 Å². The van der Waals surface area contributed by atoms with Crippen LogP contribution in [-0.4, -0.2) is 18.6 Å². The lowest BCUT2D eigenvalue weighted by atomic mass is 9.76. The normalized spacial score (nSPS) is 26.1. The summed E-state index contributed by atoms with van der Waals surface area (Å²) in [6, 6.07) is 5.72. The highest BCUT2D eigenvalue weighted by atomic mass is 16.5. The van der Waals surface area contributed by atoms with Crippen LogP contribution in [-0.2, 0) is 4.79 Å². The molecule has 0 spiro atoms. The standard InChI is InChI=1S/C16H24N2O2/c1-11-6-7-13(14(9-11)20-3)18-15(19)16(17)8-4-5-12(2)10-16/h6-7,9,12H,4-5,8,10,17H2,1-3H3,(H,18,19). The molecule has 110 valence electrons. The summed E-state index contributed by atoms with van der Waals surface area (Å²) in [6.45, 7) is 4.14. The van der Waals surface area contributed by atoms with Gasteiger partial charge in [-0.15, -0.1) is 0 Å². The van der Waals surface area contributed by atoms with Crippen LogP contribution < -0.4 is 15.8 Å². The second-order valence-electron chi connectivity index (χ2n) is 6.02. The van der Waals surface area contributed by atoms with Crippen LogP contribution in [0.25, 0.3) is 0 Å². The molecule has 1 aromatic carbocycles. The zero-order chi connectivity index (χ0) is 14.8. The summed E-state index contributed by atoms with van der Waals surface area (Å²) >= 11 is 0. The largest absolute Gasteiger partial charge is 0.495 e. The quantitative estimate of drug-likeness (QED) is 0.892. The molecular weight excluding hydrogens is 252 g/mol. The summed E-state index contributed by atoms with van der Waals surface area (Å²) in [7, 11) is 1.60. The van der Waals surface area contributed by atoms with E-state index in [-0.39, 0.29) is 5.91 Å². The van der Waals surface area contributed by atoms with E-state index in [4.69, 9.17) is 10.5 Å². The fourth-order valence-corrected chi connectivity index (χ4v) is 2.95. The molecule has 0 aliphatic heterocycles. The summed E-state index contributed by atoms with van der Waals surface area (Å²) < 4.78 is 5.31. The molecule has 2 atom stereocenters. The molecule has 0 heterocycles. The maximum absolute atomic E-state index is 12.5. The molecule has 0 bridgehead atoms. The van der Waals surface area contributed by atoms with Gasteiger partial charge in [-0.1, -0.05) is 25.8 Å². The van der Waals surface area contributed by atoms with Crippen LogP contribution in [0.4, 0.5) is 5.69 Å². The summed E-state index contributed by atoms with van der Waals surface area (Å²) in [5.41, 5.74) is 7.33. The number of ether oxygens (including phenoxy) is 1. The Balaban J connectivity index is 2.15. The zero-order valence-electron chi connectivity index (χ0n) is 12.5. The van der Waals surface area contributed by atoms with Crippen LogP contribution >= 0.6 is 0 Å². The lowest BCUT2D eigenvalue weighted by Crippen LogP contribution is -2.53. The molecule has 1 fully saturated rings. The van der Waals surface area contributed by atoms with Crippen molar-refractivity contribution in [3.05, 3.63) is 23.8 Å². The van der Waals surface area contributed by atoms with Gasteiger partial charge < -0.3 is 15.8 Å². The van der Waals surface area contributed by atoms with E-state index in [2.05, 4.69) is 12.2 Å². The van der Waals surface area contributed by atoms with Gasteiger partial charge in [-0.05, 0) is 43.4 Å². The van der Waals surface area contributed by atoms with Crippen LogP contribution in [0.1, 0.15) is 38.2 Å². The Morgan fingerprint density at radius 2 is 2.25 bits per heavy atom. The predicted octanol–water partition coefficient (Wildman–Crippen LogP) is 2.85. The molecular formula is C16H24N2O2. The first-order valence-corrected chi connectivity index (χ1v) is 7.19. The Bertz CT molecular complexity index is 501. The lowest BCUT2D eigenvalue weighted by Gasteiger charge is -2.35. The van der Waals surface area contributed by atoms with E-state index in [1.807, 2.05) is 25.1 Å². The van der Waals surface area contributed by atoms with Crippen molar-refractivity contribution >= 4 is 11.6 Å². The van der Waals surface area contributed by atoms with Gasteiger partial charge in [0.2, 0.25) is 5.91 Å². The summed E-state index contributed by atoms with van der Waals surface area (Å²) in [5.74, 6) is 1.07. The highest BCUT2D eigenvalue weighted by Crippen LogP contribution is 2.33. The van der Waals surface area contributed by atoms with E-state index in [0.29, 0.717) is 17.4 Å². The van der Waals surface area contributed by atoms with Crippen molar-refractivity contribution in [3.8, 4) is 5.75 Å². The molecule has 3 N–H and O–H groups in total. The van der Waals surface area contributed by atoms with Crippen molar-refractivity contribution in [2.75, 3.05) is 12.4 Å². The second-order valence-corrected chi connectivity index (χ2v) is 6.02. The monoisotopic (exact) mass is 276 g/mol. The number of anilines is 1. The number of carbonyl (C=O) groups is 1.